The van der Waals surface area contributed by atoms with Gasteiger partial charge in [-0.15, -0.1) is 10.2 Å². The van der Waals surface area contributed by atoms with Gasteiger partial charge in [0.1, 0.15) is 11.6 Å². The summed E-state index contributed by atoms with van der Waals surface area (Å²) in [7, 11) is 0. The molecule has 6 heteroatoms. The van der Waals surface area contributed by atoms with Crippen LogP contribution < -0.4 is 0 Å². The highest BCUT2D eigenvalue weighted by Crippen LogP contribution is 2.28. The van der Waals surface area contributed by atoms with E-state index < -0.39 is 0 Å². The molecule has 0 fully saturated rings. The molecule has 114 valence electrons. The third-order valence-electron chi connectivity index (χ3n) is 3.08. The number of aromatic nitrogens is 3. The van der Waals surface area contributed by atoms with Crippen LogP contribution in [-0.2, 0) is 12.3 Å². The molecule has 0 aliphatic carbocycles. The lowest BCUT2D eigenvalue weighted by atomic mass is 10.2. The Labute approximate surface area is 133 Å². The zero-order valence-corrected chi connectivity index (χ0v) is 14.0. The maximum Gasteiger partial charge on any atom is 0.191 e. The van der Waals surface area contributed by atoms with Crippen molar-refractivity contribution in [1.29, 1.82) is 0 Å². The molecule has 0 saturated carbocycles. The van der Waals surface area contributed by atoms with Crippen molar-refractivity contribution in [3.8, 4) is 0 Å². The van der Waals surface area contributed by atoms with E-state index in [2.05, 4.69) is 35.5 Å². The molecule has 0 atom stereocenters. The highest BCUT2D eigenvalue weighted by Gasteiger charge is 2.15. The van der Waals surface area contributed by atoms with Crippen molar-refractivity contribution < 1.29 is 4.39 Å². The molecule has 0 spiro atoms. The molecule has 0 aliphatic rings. The number of benzene rings is 1. The van der Waals surface area contributed by atoms with Crippen molar-refractivity contribution in [2.45, 2.75) is 50.6 Å². The monoisotopic (exact) mass is 327 g/mol. The Bertz CT molecular complexity index is 613. The molecule has 0 radical (unpaired) electrons. The van der Waals surface area contributed by atoms with Crippen molar-refractivity contribution in [2.24, 2.45) is 0 Å². The Morgan fingerprint density at radius 1 is 1.33 bits per heavy atom. The lowest BCUT2D eigenvalue weighted by Gasteiger charge is -2.11. The van der Waals surface area contributed by atoms with Crippen LogP contribution in [0.3, 0.4) is 0 Å². The van der Waals surface area contributed by atoms with Crippen molar-refractivity contribution in [3.63, 3.8) is 0 Å². The molecule has 2 aromatic rings. The van der Waals surface area contributed by atoms with E-state index in [0.717, 1.165) is 29.5 Å². The van der Waals surface area contributed by atoms with Crippen LogP contribution in [0.15, 0.2) is 23.4 Å². The average Bonchev–Trinajstić information content (AvgIpc) is 2.81. The molecule has 1 aromatic heterocycles. The summed E-state index contributed by atoms with van der Waals surface area (Å²) < 4.78 is 15.2. The largest absolute Gasteiger partial charge is 0.306 e. The van der Waals surface area contributed by atoms with Gasteiger partial charge in [0.05, 0.1) is 0 Å². The molecular weight excluding hydrogens is 309 g/mol. The fourth-order valence-corrected chi connectivity index (χ4v) is 3.34. The van der Waals surface area contributed by atoms with Gasteiger partial charge in [-0.25, -0.2) is 4.39 Å². The van der Waals surface area contributed by atoms with E-state index >= 15 is 0 Å². The minimum Gasteiger partial charge on any atom is -0.306 e. The minimum atomic E-state index is -0.315. The number of thioether (sulfide) groups is 1. The van der Waals surface area contributed by atoms with Crippen molar-refractivity contribution in [2.75, 3.05) is 0 Å². The Morgan fingerprint density at radius 3 is 2.71 bits per heavy atom. The van der Waals surface area contributed by atoms with Gasteiger partial charge in [0.25, 0.3) is 0 Å². The van der Waals surface area contributed by atoms with Crippen LogP contribution >= 0.6 is 23.4 Å². The molecule has 3 nitrogen and oxygen atoms in total. The number of hydrogen-bond acceptors (Lipinski definition) is 3. The van der Waals surface area contributed by atoms with Crippen molar-refractivity contribution in [1.82, 2.24) is 14.8 Å². The average molecular weight is 328 g/mol. The summed E-state index contributed by atoms with van der Waals surface area (Å²) >= 11 is 7.64. The topological polar surface area (TPSA) is 30.7 Å². The van der Waals surface area contributed by atoms with Gasteiger partial charge in [-0.05, 0) is 24.1 Å². The fraction of sp³-hybridized carbons (Fsp3) is 0.467. The van der Waals surface area contributed by atoms with Crippen LogP contribution in [0.5, 0.6) is 0 Å². The summed E-state index contributed by atoms with van der Waals surface area (Å²) in [5, 5.41) is 9.90. The molecule has 2 rings (SSSR count). The van der Waals surface area contributed by atoms with E-state index in [0.29, 0.717) is 16.7 Å². The van der Waals surface area contributed by atoms with Gasteiger partial charge in [0.15, 0.2) is 5.16 Å². The van der Waals surface area contributed by atoms with E-state index in [1.54, 1.807) is 17.8 Å². The number of rotatable bonds is 6. The zero-order valence-electron chi connectivity index (χ0n) is 12.4. The Balaban J connectivity index is 2.16. The first-order valence-corrected chi connectivity index (χ1v) is 8.39. The summed E-state index contributed by atoms with van der Waals surface area (Å²) in [6, 6.07) is 4.49. The van der Waals surface area contributed by atoms with E-state index in [1.807, 2.05) is 0 Å². The first-order valence-electron chi connectivity index (χ1n) is 7.02. The molecule has 1 aromatic carbocycles. The van der Waals surface area contributed by atoms with Crippen LogP contribution in [-0.4, -0.2) is 14.8 Å². The maximum atomic E-state index is 13.0. The standard InChI is InChI=1S/C15H19ClFN3S/c1-4-7-20-14(10(2)3)18-19-15(20)21-9-11-5-6-12(17)8-13(11)16/h5-6,8,10H,4,7,9H2,1-3H3. The Kier molecular flexibility index (Phi) is 5.65. The van der Waals surface area contributed by atoms with E-state index in [1.165, 1.54) is 12.1 Å². The van der Waals surface area contributed by atoms with Crippen LogP contribution in [0.25, 0.3) is 0 Å². The van der Waals surface area contributed by atoms with E-state index in [-0.39, 0.29) is 5.82 Å². The molecular formula is C15H19ClFN3S. The quantitative estimate of drug-likeness (QED) is 0.707. The normalized spacial score (nSPS) is 11.3. The molecule has 0 saturated heterocycles. The molecule has 0 amide bonds. The summed E-state index contributed by atoms with van der Waals surface area (Å²) in [6.45, 7) is 7.26. The number of hydrogen-bond donors (Lipinski definition) is 0. The summed E-state index contributed by atoms with van der Waals surface area (Å²) in [5.74, 6) is 1.68. The third-order valence-corrected chi connectivity index (χ3v) is 4.45. The predicted octanol–water partition coefficient (Wildman–Crippen LogP) is 4.90. The van der Waals surface area contributed by atoms with Gasteiger partial charge in [0.2, 0.25) is 0 Å². The summed E-state index contributed by atoms with van der Waals surface area (Å²) in [4.78, 5) is 0. The molecule has 0 unspecified atom stereocenters. The number of halogens is 2. The second kappa shape index (κ2) is 7.27. The van der Waals surface area contributed by atoms with Crippen molar-refractivity contribution in [3.05, 3.63) is 40.4 Å². The predicted molar refractivity (Wildman–Crippen MR) is 85.4 cm³/mol. The second-order valence-electron chi connectivity index (χ2n) is 5.17. The summed E-state index contributed by atoms with van der Waals surface area (Å²) in [6.07, 6.45) is 1.03. The highest BCUT2D eigenvalue weighted by molar-refractivity contribution is 7.98. The lowest BCUT2D eigenvalue weighted by molar-refractivity contribution is 0.572. The molecule has 1 heterocycles. The molecule has 0 aliphatic heterocycles. The highest BCUT2D eigenvalue weighted by atomic mass is 35.5. The van der Waals surface area contributed by atoms with Gasteiger partial charge >= 0.3 is 0 Å². The Morgan fingerprint density at radius 2 is 2.10 bits per heavy atom. The minimum absolute atomic E-state index is 0.315. The van der Waals surface area contributed by atoms with Crippen LogP contribution in [0.1, 0.15) is 44.5 Å². The summed E-state index contributed by atoms with van der Waals surface area (Å²) in [5.41, 5.74) is 0.903. The van der Waals surface area contributed by atoms with Crippen LogP contribution in [0, 0.1) is 5.82 Å². The smallest absolute Gasteiger partial charge is 0.191 e. The van der Waals surface area contributed by atoms with Crippen LogP contribution in [0.2, 0.25) is 5.02 Å². The van der Waals surface area contributed by atoms with Crippen molar-refractivity contribution >= 4 is 23.4 Å². The van der Waals surface area contributed by atoms with Crippen LogP contribution in [0.4, 0.5) is 4.39 Å². The first kappa shape index (κ1) is 16.3. The third kappa shape index (κ3) is 3.98. The van der Waals surface area contributed by atoms with Gasteiger partial charge in [-0.1, -0.05) is 50.2 Å². The number of nitrogens with zero attached hydrogens (tertiary/aromatic N) is 3. The van der Waals surface area contributed by atoms with Gasteiger partial charge < -0.3 is 4.57 Å². The first-order chi connectivity index (χ1) is 10.0. The zero-order chi connectivity index (χ0) is 15.4. The Hall–Kier alpha value is -1.07. The van der Waals surface area contributed by atoms with E-state index in [4.69, 9.17) is 11.6 Å². The molecule has 0 N–H and O–H groups in total. The van der Waals surface area contributed by atoms with Gasteiger partial charge in [0, 0.05) is 23.2 Å². The second-order valence-corrected chi connectivity index (χ2v) is 6.52. The molecule has 21 heavy (non-hydrogen) atoms. The maximum absolute atomic E-state index is 13.0. The van der Waals surface area contributed by atoms with Gasteiger partial charge in [-0.2, -0.15) is 0 Å². The SMILES string of the molecule is CCCn1c(SCc2ccc(F)cc2Cl)nnc1C(C)C. The molecule has 0 bridgehead atoms. The fourth-order valence-electron chi connectivity index (χ4n) is 2.05. The van der Waals surface area contributed by atoms with Gasteiger partial charge in [-0.3, -0.25) is 0 Å². The lowest BCUT2D eigenvalue weighted by Crippen LogP contribution is -2.06. The van der Waals surface area contributed by atoms with E-state index in [9.17, 15) is 4.39 Å².